The molecular weight excluding hydrogens is 376 g/mol. The van der Waals surface area contributed by atoms with E-state index in [4.69, 9.17) is 23.7 Å². The zero-order valence-electron chi connectivity index (χ0n) is 16.3. The lowest BCUT2D eigenvalue weighted by Gasteiger charge is -2.09. The van der Waals surface area contributed by atoms with E-state index < -0.39 is 18.4 Å². The summed E-state index contributed by atoms with van der Waals surface area (Å²) in [6.07, 6.45) is 3.67. The fourth-order valence-electron chi connectivity index (χ4n) is 2.74. The maximum atomic E-state index is 12.4. The van der Waals surface area contributed by atoms with E-state index in [0.29, 0.717) is 36.2 Å². The van der Waals surface area contributed by atoms with Gasteiger partial charge in [0.25, 0.3) is 0 Å². The summed E-state index contributed by atoms with van der Waals surface area (Å²) in [5, 5.41) is 0. The minimum atomic E-state index is -0.632. The minimum Gasteiger partial charge on any atom is -0.497 e. The fraction of sp³-hybridized carbons (Fsp3) is 0.273. The Morgan fingerprint density at radius 2 is 1.79 bits per heavy atom. The second-order valence-electron chi connectivity index (χ2n) is 6.19. The molecule has 0 unspecified atom stereocenters. The van der Waals surface area contributed by atoms with Gasteiger partial charge in [0.1, 0.15) is 11.5 Å². The molecule has 1 aliphatic rings. The predicted octanol–water partition coefficient (Wildman–Crippen LogP) is 3.30. The van der Waals surface area contributed by atoms with E-state index in [1.54, 1.807) is 36.4 Å². The van der Waals surface area contributed by atoms with Crippen LogP contribution in [0.1, 0.15) is 22.3 Å². The highest BCUT2D eigenvalue weighted by molar-refractivity contribution is 6.01. The maximum absolute atomic E-state index is 12.4. The van der Waals surface area contributed by atoms with E-state index in [1.165, 1.54) is 20.3 Å². The molecule has 0 aromatic heterocycles. The first-order chi connectivity index (χ1) is 14.1. The van der Waals surface area contributed by atoms with Gasteiger partial charge in [-0.05, 0) is 42.0 Å². The molecule has 1 aliphatic heterocycles. The van der Waals surface area contributed by atoms with Crippen molar-refractivity contribution >= 4 is 17.8 Å². The van der Waals surface area contributed by atoms with E-state index >= 15 is 0 Å². The average molecular weight is 398 g/mol. The second kappa shape index (κ2) is 9.64. The largest absolute Gasteiger partial charge is 0.497 e. The molecule has 7 heteroatoms. The van der Waals surface area contributed by atoms with Crippen LogP contribution in [0.3, 0.4) is 0 Å². The molecule has 0 atom stereocenters. The highest BCUT2D eigenvalue weighted by Crippen LogP contribution is 2.30. The predicted molar refractivity (Wildman–Crippen MR) is 106 cm³/mol. The van der Waals surface area contributed by atoms with Crippen molar-refractivity contribution in [2.75, 3.05) is 34.0 Å². The molecule has 152 valence electrons. The number of ether oxygens (including phenoxy) is 5. The third-order valence-electron chi connectivity index (χ3n) is 4.24. The van der Waals surface area contributed by atoms with Crippen molar-refractivity contribution < 1.29 is 33.3 Å². The van der Waals surface area contributed by atoms with Crippen molar-refractivity contribution in [2.45, 2.75) is 6.42 Å². The van der Waals surface area contributed by atoms with Crippen LogP contribution < -0.4 is 18.9 Å². The highest BCUT2D eigenvalue weighted by atomic mass is 16.5. The summed E-state index contributed by atoms with van der Waals surface area (Å²) >= 11 is 0. The van der Waals surface area contributed by atoms with Crippen molar-refractivity contribution in [3.8, 4) is 23.0 Å². The van der Waals surface area contributed by atoms with Gasteiger partial charge in [-0.1, -0.05) is 6.07 Å². The van der Waals surface area contributed by atoms with Crippen molar-refractivity contribution in [2.24, 2.45) is 0 Å². The minimum absolute atomic E-state index is 0.284. The molecular formula is C22H22O7. The standard InChI is InChI=1S/C22H22O7/c1-25-16-6-8-19(26-2)17(13-16)18(23)14-29-22(24)9-5-15-4-7-20-21(12-15)28-11-3-10-27-20/h4-9,12-13H,3,10-11,14H2,1-2H3/b9-5+. The Balaban J connectivity index is 1.60. The summed E-state index contributed by atoms with van der Waals surface area (Å²) in [7, 11) is 2.96. The zero-order valence-corrected chi connectivity index (χ0v) is 16.3. The van der Waals surface area contributed by atoms with Gasteiger partial charge in [-0.2, -0.15) is 0 Å². The lowest BCUT2D eigenvalue weighted by Crippen LogP contribution is -2.13. The van der Waals surface area contributed by atoms with E-state index in [2.05, 4.69) is 0 Å². The molecule has 0 radical (unpaired) electrons. The number of hydrogen-bond donors (Lipinski definition) is 0. The van der Waals surface area contributed by atoms with Crippen LogP contribution >= 0.6 is 0 Å². The number of esters is 1. The van der Waals surface area contributed by atoms with Gasteiger partial charge in [-0.25, -0.2) is 4.79 Å². The number of benzene rings is 2. The fourth-order valence-corrected chi connectivity index (χ4v) is 2.74. The van der Waals surface area contributed by atoms with E-state index in [0.717, 1.165) is 12.0 Å². The number of fused-ring (bicyclic) bond motifs is 1. The van der Waals surface area contributed by atoms with Gasteiger partial charge >= 0.3 is 5.97 Å². The monoisotopic (exact) mass is 398 g/mol. The molecule has 0 aliphatic carbocycles. The molecule has 0 N–H and O–H groups in total. The third-order valence-corrected chi connectivity index (χ3v) is 4.24. The summed E-state index contributed by atoms with van der Waals surface area (Å²) in [6.45, 7) is 0.784. The molecule has 3 rings (SSSR count). The Bertz CT molecular complexity index is 917. The zero-order chi connectivity index (χ0) is 20.6. The first-order valence-corrected chi connectivity index (χ1v) is 9.10. The number of Topliss-reactive ketones (excluding diaryl/α,β-unsaturated/α-hetero) is 1. The van der Waals surface area contributed by atoms with Gasteiger partial charge < -0.3 is 23.7 Å². The SMILES string of the molecule is COc1ccc(OC)c(C(=O)COC(=O)/C=C/c2ccc3c(c2)OCCCO3)c1. The summed E-state index contributed by atoms with van der Waals surface area (Å²) < 4.78 is 26.6. The normalized spacial score (nSPS) is 12.9. The van der Waals surface area contributed by atoms with Crippen LogP contribution in [0, 0.1) is 0 Å². The Morgan fingerprint density at radius 3 is 2.55 bits per heavy atom. The molecule has 0 amide bonds. The summed E-state index contributed by atoms with van der Waals surface area (Å²) in [6, 6.07) is 10.2. The number of rotatable bonds is 7. The lowest BCUT2D eigenvalue weighted by atomic mass is 10.1. The molecule has 29 heavy (non-hydrogen) atoms. The van der Waals surface area contributed by atoms with Crippen LogP contribution in [0.4, 0.5) is 0 Å². The molecule has 0 spiro atoms. The van der Waals surface area contributed by atoms with Crippen molar-refractivity contribution in [3.05, 3.63) is 53.6 Å². The van der Waals surface area contributed by atoms with Gasteiger partial charge in [0.05, 0.1) is 33.0 Å². The number of carbonyl (C=O) groups excluding carboxylic acids is 2. The second-order valence-corrected chi connectivity index (χ2v) is 6.19. The number of ketones is 1. The topological polar surface area (TPSA) is 80.3 Å². The van der Waals surface area contributed by atoms with Crippen LogP contribution in [-0.2, 0) is 9.53 Å². The Labute approximate surface area is 168 Å². The highest BCUT2D eigenvalue weighted by Gasteiger charge is 2.15. The molecule has 2 aromatic rings. The van der Waals surface area contributed by atoms with E-state index in [1.807, 2.05) is 6.07 Å². The van der Waals surface area contributed by atoms with Crippen LogP contribution in [0.2, 0.25) is 0 Å². The molecule has 1 heterocycles. The van der Waals surface area contributed by atoms with Crippen LogP contribution in [0.25, 0.3) is 6.08 Å². The van der Waals surface area contributed by atoms with Crippen molar-refractivity contribution in [3.63, 3.8) is 0 Å². The van der Waals surface area contributed by atoms with Crippen LogP contribution in [0.5, 0.6) is 23.0 Å². The molecule has 7 nitrogen and oxygen atoms in total. The number of carbonyl (C=O) groups is 2. The molecule has 0 saturated heterocycles. The van der Waals surface area contributed by atoms with Crippen LogP contribution in [-0.4, -0.2) is 45.8 Å². The smallest absolute Gasteiger partial charge is 0.331 e. The van der Waals surface area contributed by atoms with Gasteiger partial charge in [-0.3, -0.25) is 4.79 Å². The molecule has 0 fully saturated rings. The average Bonchev–Trinajstić information content (AvgIpc) is 3.00. The lowest BCUT2D eigenvalue weighted by molar-refractivity contribution is -0.136. The third kappa shape index (κ3) is 5.28. The van der Waals surface area contributed by atoms with E-state index in [9.17, 15) is 9.59 Å². The first kappa shape index (κ1) is 20.3. The van der Waals surface area contributed by atoms with Gasteiger partial charge in [0.15, 0.2) is 18.1 Å². The van der Waals surface area contributed by atoms with Crippen molar-refractivity contribution in [1.29, 1.82) is 0 Å². The Morgan fingerprint density at radius 1 is 1.00 bits per heavy atom. The van der Waals surface area contributed by atoms with Gasteiger partial charge in [-0.15, -0.1) is 0 Å². The Kier molecular flexibility index (Phi) is 6.73. The quantitative estimate of drug-likeness (QED) is 0.402. The molecule has 2 aromatic carbocycles. The van der Waals surface area contributed by atoms with Crippen molar-refractivity contribution in [1.82, 2.24) is 0 Å². The van der Waals surface area contributed by atoms with Gasteiger partial charge in [0, 0.05) is 12.5 Å². The molecule has 0 bridgehead atoms. The summed E-state index contributed by atoms with van der Waals surface area (Å²) in [5.41, 5.74) is 1.04. The first-order valence-electron chi connectivity index (χ1n) is 9.10. The maximum Gasteiger partial charge on any atom is 0.331 e. The van der Waals surface area contributed by atoms with Crippen LogP contribution in [0.15, 0.2) is 42.5 Å². The summed E-state index contributed by atoms with van der Waals surface area (Å²) in [5.74, 6) is 1.19. The number of methoxy groups -OCH3 is 2. The number of hydrogen-bond acceptors (Lipinski definition) is 7. The Hall–Kier alpha value is -3.48. The molecule has 0 saturated carbocycles. The van der Waals surface area contributed by atoms with E-state index in [-0.39, 0.29) is 5.56 Å². The van der Waals surface area contributed by atoms with Gasteiger partial charge in [0.2, 0.25) is 5.78 Å². The summed E-state index contributed by atoms with van der Waals surface area (Å²) in [4.78, 5) is 24.4.